The maximum atomic E-state index is 11.4. The van der Waals surface area contributed by atoms with Gasteiger partial charge in [0.15, 0.2) is 10.4 Å². The van der Waals surface area contributed by atoms with Crippen LogP contribution in [0.4, 0.5) is 0 Å². The van der Waals surface area contributed by atoms with E-state index in [2.05, 4.69) is 10.2 Å². The van der Waals surface area contributed by atoms with Crippen LogP contribution >= 0.6 is 34.7 Å². The van der Waals surface area contributed by atoms with Crippen molar-refractivity contribution in [3.05, 3.63) is 28.1 Å². The third-order valence-corrected chi connectivity index (χ3v) is 4.87. The van der Waals surface area contributed by atoms with Gasteiger partial charge in [-0.2, -0.15) is 0 Å². The highest BCUT2D eigenvalue weighted by Gasteiger charge is 2.21. The van der Waals surface area contributed by atoms with Crippen LogP contribution in [0.5, 0.6) is 0 Å². The molecule has 1 aromatic carbocycles. The number of nitrogens with zero attached hydrogens (tertiary/aromatic N) is 2. The summed E-state index contributed by atoms with van der Waals surface area (Å²) < 4.78 is 6.54. The Kier molecular flexibility index (Phi) is 5.33. The average Bonchev–Trinajstić information content (AvgIpc) is 2.81. The summed E-state index contributed by atoms with van der Waals surface area (Å²) in [6, 6.07) is 4.46. The van der Waals surface area contributed by atoms with Crippen LogP contribution in [-0.2, 0) is 9.53 Å². The Morgan fingerprint density at radius 2 is 2.40 bits per heavy atom. The quantitative estimate of drug-likeness (QED) is 0.458. The molecule has 0 aliphatic rings. The van der Waals surface area contributed by atoms with Crippen LogP contribution in [0.3, 0.4) is 0 Å². The van der Waals surface area contributed by atoms with Gasteiger partial charge in [-0.1, -0.05) is 28.5 Å². The number of aromatic nitrogens is 1. The number of halogens is 1. The summed E-state index contributed by atoms with van der Waals surface area (Å²) in [5, 5.41) is 3.42. The molecule has 0 radical (unpaired) electrons. The van der Waals surface area contributed by atoms with Crippen molar-refractivity contribution in [2.75, 3.05) is 12.4 Å². The second-order valence-electron chi connectivity index (χ2n) is 3.78. The minimum Gasteiger partial charge on any atom is -0.464 e. The molecule has 0 fully saturated rings. The molecule has 0 amide bonds. The van der Waals surface area contributed by atoms with Crippen molar-refractivity contribution < 1.29 is 9.53 Å². The summed E-state index contributed by atoms with van der Waals surface area (Å²) in [4.78, 5) is 26.5. The lowest BCUT2D eigenvalue weighted by Crippen LogP contribution is -2.23. The van der Waals surface area contributed by atoms with Crippen LogP contribution in [-0.4, -0.2) is 29.4 Å². The van der Waals surface area contributed by atoms with E-state index in [0.717, 1.165) is 14.6 Å². The summed E-state index contributed by atoms with van der Waals surface area (Å²) in [6.45, 7) is 1.92. The molecular weight excluding hydrogens is 320 g/mol. The number of thiazole rings is 1. The first-order valence-corrected chi connectivity index (χ1v) is 8.00. The van der Waals surface area contributed by atoms with Gasteiger partial charge in [-0.15, -0.1) is 16.2 Å². The molecular formula is C12H11ClN2O3S2. The summed E-state index contributed by atoms with van der Waals surface area (Å²) in [7, 11) is 0. The van der Waals surface area contributed by atoms with Crippen molar-refractivity contribution in [1.82, 2.24) is 4.98 Å². The SMILES string of the molecule is CCOC(=O)C(CSc1nc2cc(Cl)ccc2s1)N=O. The van der Waals surface area contributed by atoms with Crippen molar-refractivity contribution in [3.8, 4) is 0 Å². The number of ether oxygens (including phenoxy) is 1. The molecule has 0 saturated carbocycles. The molecule has 1 unspecified atom stereocenters. The van der Waals surface area contributed by atoms with Crippen molar-refractivity contribution in [3.63, 3.8) is 0 Å². The molecule has 1 atom stereocenters. The minimum atomic E-state index is -1.00. The van der Waals surface area contributed by atoms with E-state index >= 15 is 0 Å². The molecule has 0 saturated heterocycles. The highest BCUT2D eigenvalue weighted by atomic mass is 35.5. The summed E-state index contributed by atoms with van der Waals surface area (Å²) >= 11 is 8.68. The fourth-order valence-corrected chi connectivity index (χ4v) is 3.68. The smallest absolute Gasteiger partial charge is 0.335 e. The average molecular weight is 331 g/mol. The largest absolute Gasteiger partial charge is 0.464 e. The third-order valence-electron chi connectivity index (χ3n) is 2.38. The highest BCUT2D eigenvalue weighted by Crippen LogP contribution is 2.31. The third kappa shape index (κ3) is 3.68. The van der Waals surface area contributed by atoms with E-state index in [-0.39, 0.29) is 12.4 Å². The maximum Gasteiger partial charge on any atom is 0.335 e. The predicted octanol–water partition coefficient (Wildman–Crippen LogP) is 3.74. The van der Waals surface area contributed by atoms with Gasteiger partial charge in [0.05, 0.1) is 16.8 Å². The van der Waals surface area contributed by atoms with E-state index in [4.69, 9.17) is 16.3 Å². The topological polar surface area (TPSA) is 68.6 Å². The molecule has 0 N–H and O–H groups in total. The van der Waals surface area contributed by atoms with Gasteiger partial charge < -0.3 is 4.74 Å². The molecule has 20 heavy (non-hydrogen) atoms. The molecule has 1 heterocycles. The highest BCUT2D eigenvalue weighted by molar-refractivity contribution is 8.01. The molecule has 8 heteroatoms. The van der Waals surface area contributed by atoms with E-state index in [0.29, 0.717) is 5.02 Å². The molecule has 0 spiro atoms. The first-order chi connectivity index (χ1) is 9.63. The van der Waals surface area contributed by atoms with E-state index in [9.17, 15) is 9.70 Å². The molecule has 2 aromatic rings. The number of hydrogen-bond donors (Lipinski definition) is 0. The molecule has 2 rings (SSSR count). The van der Waals surface area contributed by atoms with Crippen LogP contribution in [0.25, 0.3) is 10.2 Å². The normalized spacial score (nSPS) is 12.3. The van der Waals surface area contributed by atoms with Gasteiger partial charge in [0.2, 0.25) is 0 Å². The Hall–Kier alpha value is -1.18. The van der Waals surface area contributed by atoms with E-state index in [1.54, 1.807) is 19.1 Å². The lowest BCUT2D eigenvalue weighted by atomic mass is 10.3. The van der Waals surface area contributed by atoms with Crippen molar-refractivity contribution in [2.45, 2.75) is 17.3 Å². The monoisotopic (exact) mass is 330 g/mol. The van der Waals surface area contributed by atoms with E-state index < -0.39 is 12.0 Å². The number of hydrogen-bond acceptors (Lipinski definition) is 7. The van der Waals surface area contributed by atoms with Crippen LogP contribution < -0.4 is 0 Å². The van der Waals surface area contributed by atoms with Gasteiger partial charge >= 0.3 is 5.97 Å². The Balaban J connectivity index is 2.04. The number of fused-ring (bicyclic) bond motifs is 1. The van der Waals surface area contributed by atoms with Crippen LogP contribution in [0.1, 0.15) is 6.92 Å². The second kappa shape index (κ2) is 7.01. The van der Waals surface area contributed by atoms with Gasteiger partial charge in [0.25, 0.3) is 0 Å². The number of thioether (sulfide) groups is 1. The molecule has 106 valence electrons. The van der Waals surface area contributed by atoms with Gasteiger partial charge in [-0.05, 0) is 25.1 Å². The maximum absolute atomic E-state index is 11.4. The lowest BCUT2D eigenvalue weighted by molar-refractivity contribution is -0.144. The molecule has 0 aliphatic carbocycles. The van der Waals surface area contributed by atoms with Crippen molar-refractivity contribution in [2.24, 2.45) is 5.18 Å². The first kappa shape index (κ1) is 15.2. The Labute approximate surface area is 128 Å². The van der Waals surface area contributed by atoms with Crippen LogP contribution in [0.2, 0.25) is 5.02 Å². The van der Waals surface area contributed by atoms with E-state index in [1.165, 1.54) is 23.1 Å². The first-order valence-electron chi connectivity index (χ1n) is 5.82. The number of carbonyl (C=O) groups is 1. The summed E-state index contributed by atoms with van der Waals surface area (Å²) in [6.07, 6.45) is 0. The van der Waals surface area contributed by atoms with Gasteiger partial charge in [-0.3, -0.25) is 0 Å². The van der Waals surface area contributed by atoms with Gasteiger partial charge in [0, 0.05) is 10.8 Å². The Morgan fingerprint density at radius 3 is 3.10 bits per heavy atom. The predicted molar refractivity (Wildman–Crippen MR) is 81.6 cm³/mol. The summed E-state index contributed by atoms with van der Waals surface area (Å²) in [5.74, 6) is -0.380. The van der Waals surface area contributed by atoms with Crippen LogP contribution in [0, 0.1) is 4.91 Å². The fourth-order valence-electron chi connectivity index (χ4n) is 1.47. The van der Waals surface area contributed by atoms with Crippen LogP contribution in [0.15, 0.2) is 27.7 Å². The number of rotatable bonds is 6. The zero-order valence-corrected chi connectivity index (χ0v) is 12.9. The fraction of sp³-hybridized carbons (Fsp3) is 0.333. The molecule has 0 aliphatic heterocycles. The van der Waals surface area contributed by atoms with Gasteiger partial charge in [-0.25, -0.2) is 9.78 Å². The Morgan fingerprint density at radius 1 is 1.60 bits per heavy atom. The lowest BCUT2D eigenvalue weighted by Gasteiger charge is -2.06. The van der Waals surface area contributed by atoms with Crippen molar-refractivity contribution in [1.29, 1.82) is 0 Å². The summed E-state index contributed by atoms with van der Waals surface area (Å²) in [5.41, 5.74) is 0.803. The van der Waals surface area contributed by atoms with Crippen molar-refractivity contribution >= 4 is 50.9 Å². The zero-order valence-electron chi connectivity index (χ0n) is 10.5. The number of carbonyl (C=O) groups excluding carboxylic acids is 1. The standard InChI is InChI=1S/C12H11ClN2O3S2/c1-2-18-11(16)9(15-17)6-19-12-14-8-5-7(13)3-4-10(8)20-12/h3-5,9H,2,6H2,1H3. The zero-order chi connectivity index (χ0) is 14.5. The molecule has 1 aromatic heterocycles. The number of benzene rings is 1. The number of nitroso groups, excluding NO2 is 1. The Bertz CT molecular complexity index is 632. The molecule has 5 nitrogen and oxygen atoms in total. The number of esters is 1. The second-order valence-corrected chi connectivity index (χ2v) is 6.51. The molecule has 0 bridgehead atoms. The van der Waals surface area contributed by atoms with Gasteiger partial charge in [0.1, 0.15) is 0 Å². The minimum absolute atomic E-state index is 0.218. The van der Waals surface area contributed by atoms with E-state index in [1.807, 2.05) is 6.07 Å².